The third-order valence-electron chi connectivity index (χ3n) is 4.26. The van der Waals surface area contributed by atoms with Crippen molar-refractivity contribution in [3.63, 3.8) is 0 Å². The number of rotatable bonds is 6. The molecule has 0 unspecified atom stereocenters. The summed E-state index contributed by atoms with van der Waals surface area (Å²) in [6.07, 6.45) is 1.61. The Morgan fingerprint density at radius 2 is 1.96 bits per heavy atom. The molecular weight excluding hydrogens is 428 g/mol. The number of aromatic nitrogens is 4. The lowest BCUT2D eigenvalue weighted by atomic mass is 10.3. The quantitative estimate of drug-likeness (QED) is 0.602. The van der Waals surface area contributed by atoms with Gasteiger partial charge >= 0.3 is 0 Å². The molecule has 3 aromatic rings. The first kappa shape index (κ1) is 19.9. The van der Waals surface area contributed by atoms with Crippen LogP contribution in [0.5, 0.6) is 0 Å². The van der Waals surface area contributed by atoms with Crippen molar-refractivity contribution in [2.24, 2.45) is 0 Å². The second-order valence-corrected chi connectivity index (χ2v) is 6.98. The van der Waals surface area contributed by atoms with Crippen LogP contribution in [0, 0.1) is 13.8 Å². The van der Waals surface area contributed by atoms with Crippen molar-refractivity contribution in [3.8, 4) is 0 Å². The molecule has 9 nitrogen and oxygen atoms in total. The average molecular weight is 449 g/mol. The smallest absolute Gasteiger partial charge is 0.291 e. The topological polar surface area (TPSA) is 107 Å². The molecule has 0 bridgehead atoms. The van der Waals surface area contributed by atoms with Crippen LogP contribution >= 0.6 is 15.9 Å². The number of carbonyl (C=O) groups excluding carboxylic acids is 2. The van der Waals surface area contributed by atoms with Gasteiger partial charge in [-0.3, -0.25) is 19.0 Å². The maximum Gasteiger partial charge on any atom is 0.291 e. The SMILES string of the molecule is CCn1cc(NC(=O)c2ccc(Cn3nc(C)c(Br)c3C)o2)c(C(=O)NC)n1. The van der Waals surface area contributed by atoms with E-state index < -0.39 is 5.91 Å². The number of furan rings is 1. The first-order chi connectivity index (χ1) is 13.3. The van der Waals surface area contributed by atoms with Gasteiger partial charge in [0.1, 0.15) is 5.76 Å². The van der Waals surface area contributed by atoms with Crippen LogP contribution in [0.2, 0.25) is 0 Å². The van der Waals surface area contributed by atoms with Gasteiger partial charge in [0.2, 0.25) is 0 Å². The second-order valence-electron chi connectivity index (χ2n) is 6.19. The van der Waals surface area contributed by atoms with Crippen LogP contribution in [0.25, 0.3) is 0 Å². The van der Waals surface area contributed by atoms with Crippen molar-refractivity contribution in [2.45, 2.75) is 33.9 Å². The van der Waals surface area contributed by atoms with Gasteiger partial charge in [-0.2, -0.15) is 10.2 Å². The molecule has 0 aliphatic heterocycles. The Bertz CT molecular complexity index is 1030. The normalized spacial score (nSPS) is 10.9. The molecule has 2 N–H and O–H groups in total. The van der Waals surface area contributed by atoms with E-state index in [1.165, 1.54) is 7.05 Å². The van der Waals surface area contributed by atoms with E-state index in [9.17, 15) is 9.59 Å². The summed E-state index contributed by atoms with van der Waals surface area (Å²) < 4.78 is 10.00. The molecule has 0 aliphatic rings. The number of hydrogen-bond acceptors (Lipinski definition) is 5. The van der Waals surface area contributed by atoms with Gasteiger partial charge in [-0.05, 0) is 48.8 Å². The van der Waals surface area contributed by atoms with Gasteiger partial charge in [-0.25, -0.2) is 0 Å². The fourth-order valence-corrected chi connectivity index (χ4v) is 2.99. The van der Waals surface area contributed by atoms with E-state index in [4.69, 9.17) is 4.42 Å². The Labute approximate surface area is 170 Å². The molecule has 28 heavy (non-hydrogen) atoms. The average Bonchev–Trinajstić information content (AvgIpc) is 3.37. The summed E-state index contributed by atoms with van der Waals surface area (Å²) in [7, 11) is 1.51. The molecule has 0 saturated heterocycles. The molecular formula is C18H21BrN6O3. The summed E-state index contributed by atoms with van der Waals surface area (Å²) in [6, 6.07) is 3.32. The molecule has 148 valence electrons. The highest BCUT2D eigenvalue weighted by molar-refractivity contribution is 9.10. The minimum Gasteiger partial charge on any atom is -0.454 e. The monoisotopic (exact) mass is 448 g/mol. The number of halogens is 1. The van der Waals surface area contributed by atoms with Crippen LogP contribution in [0.15, 0.2) is 27.2 Å². The summed E-state index contributed by atoms with van der Waals surface area (Å²) in [5, 5.41) is 13.8. The lowest BCUT2D eigenvalue weighted by molar-refractivity contribution is 0.0958. The van der Waals surface area contributed by atoms with Gasteiger partial charge in [0.15, 0.2) is 11.5 Å². The van der Waals surface area contributed by atoms with Gasteiger partial charge in [0, 0.05) is 19.8 Å². The van der Waals surface area contributed by atoms with Gasteiger partial charge in [-0.15, -0.1) is 0 Å². The van der Waals surface area contributed by atoms with E-state index in [0.717, 1.165) is 15.9 Å². The van der Waals surface area contributed by atoms with Crippen molar-refractivity contribution in [1.29, 1.82) is 0 Å². The number of nitrogens with one attached hydrogen (secondary N) is 2. The predicted molar refractivity (Wildman–Crippen MR) is 106 cm³/mol. The van der Waals surface area contributed by atoms with Crippen molar-refractivity contribution < 1.29 is 14.0 Å². The number of carbonyl (C=O) groups is 2. The molecule has 2 amide bonds. The van der Waals surface area contributed by atoms with E-state index in [1.54, 1.807) is 27.7 Å². The molecule has 0 aliphatic carbocycles. The number of hydrogen-bond donors (Lipinski definition) is 2. The molecule has 10 heteroatoms. The summed E-state index contributed by atoms with van der Waals surface area (Å²) in [5.41, 5.74) is 2.34. The zero-order valence-electron chi connectivity index (χ0n) is 16.0. The maximum atomic E-state index is 12.6. The molecule has 0 atom stereocenters. The van der Waals surface area contributed by atoms with E-state index in [1.807, 2.05) is 20.8 Å². The zero-order chi connectivity index (χ0) is 20.4. The van der Waals surface area contributed by atoms with Gasteiger partial charge < -0.3 is 15.1 Å². The summed E-state index contributed by atoms with van der Waals surface area (Å²) in [6.45, 7) is 6.73. The van der Waals surface area contributed by atoms with Crippen LogP contribution in [0.1, 0.15) is 45.1 Å². The van der Waals surface area contributed by atoms with Crippen LogP contribution in [-0.4, -0.2) is 38.4 Å². The number of nitrogens with zero attached hydrogens (tertiary/aromatic N) is 4. The first-order valence-electron chi connectivity index (χ1n) is 8.73. The molecule has 0 fully saturated rings. The lowest BCUT2D eigenvalue weighted by Gasteiger charge is -2.03. The summed E-state index contributed by atoms with van der Waals surface area (Å²) in [4.78, 5) is 24.5. The van der Waals surface area contributed by atoms with E-state index in [2.05, 4.69) is 36.8 Å². The van der Waals surface area contributed by atoms with Crippen LogP contribution < -0.4 is 10.6 Å². The minimum absolute atomic E-state index is 0.141. The van der Waals surface area contributed by atoms with Gasteiger partial charge in [-0.1, -0.05) is 0 Å². The molecule has 0 spiro atoms. The largest absolute Gasteiger partial charge is 0.454 e. The third kappa shape index (κ3) is 3.86. The van der Waals surface area contributed by atoms with Crippen LogP contribution in [0.3, 0.4) is 0 Å². The third-order valence-corrected chi connectivity index (χ3v) is 5.41. The summed E-state index contributed by atoms with van der Waals surface area (Å²) >= 11 is 3.49. The standard InChI is InChI=1S/C18H21BrN6O3/c1-5-24-9-13(16(23-24)18(27)20-4)21-17(26)14-7-6-12(28-14)8-25-11(3)15(19)10(2)22-25/h6-7,9H,5,8H2,1-4H3,(H,20,27)(H,21,26). The Morgan fingerprint density at radius 3 is 2.57 bits per heavy atom. The van der Waals surface area contributed by atoms with Crippen LogP contribution in [0.4, 0.5) is 5.69 Å². The van der Waals surface area contributed by atoms with Crippen molar-refractivity contribution in [2.75, 3.05) is 12.4 Å². The number of aryl methyl sites for hydroxylation is 2. The molecule has 3 aromatic heterocycles. The Balaban J connectivity index is 1.77. The van der Waals surface area contributed by atoms with Crippen LogP contribution in [-0.2, 0) is 13.1 Å². The van der Waals surface area contributed by atoms with Gasteiger partial charge in [0.05, 0.1) is 28.1 Å². The molecule has 3 rings (SSSR count). The first-order valence-corrected chi connectivity index (χ1v) is 9.52. The van der Waals surface area contributed by atoms with E-state index >= 15 is 0 Å². The molecule has 3 heterocycles. The van der Waals surface area contributed by atoms with Crippen molar-refractivity contribution >= 4 is 33.4 Å². The lowest BCUT2D eigenvalue weighted by Crippen LogP contribution is -2.21. The summed E-state index contributed by atoms with van der Waals surface area (Å²) in [5.74, 6) is -0.0962. The highest BCUT2D eigenvalue weighted by Gasteiger charge is 2.20. The Hall–Kier alpha value is -2.88. The highest BCUT2D eigenvalue weighted by Crippen LogP contribution is 2.21. The number of amides is 2. The molecule has 0 radical (unpaired) electrons. The van der Waals surface area contributed by atoms with E-state index in [-0.39, 0.29) is 17.4 Å². The van der Waals surface area contributed by atoms with E-state index in [0.29, 0.717) is 24.5 Å². The fraction of sp³-hybridized carbons (Fsp3) is 0.333. The van der Waals surface area contributed by atoms with Crippen molar-refractivity contribution in [1.82, 2.24) is 24.9 Å². The Kier molecular flexibility index (Phi) is 5.68. The zero-order valence-corrected chi connectivity index (χ0v) is 17.6. The fourth-order valence-electron chi connectivity index (χ4n) is 2.71. The minimum atomic E-state index is -0.457. The molecule has 0 saturated carbocycles. The highest BCUT2D eigenvalue weighted by atomic mass is 79.9. The molecule has 0 aromatic carbocycles. The number of anilines is 1. The Morgan fingerprint density at radius 1 is 1.21 bits per heavy atom. The second kappa shape index (κ2) is 8.01. The maximum absolute atomic E-state index is 12.6. The van der Waals surface area contributed by atoms with Crippen molar-refractivity contribution in [3.05, 3.63) is 51.4 Å². The predicted octanol–water partition coefficient (Wildman–Crippen LogP) is 2.73. The van der Waals surface area contributed by atoms with Gasteiger partial charge in [0.25, 0.3) is 11.8 Å².